The molecule has 0 atom stereocenters. The van der Waals surface area contributed by atoms with Gasteiger partial charge in [-0.1, -0.05) is 47.2 Å². The van der Waals surface area contributed by atoms with Gasteiger partial charge in [0.2, 0.25) is 0 Å². The number of benzene rings is 3. The smallest absolute Gasteiger partial charge is 0.193 e. The van der Waals surface area contributed by atoms with Gasteiger partial charge in [-0.2, -0.15) is 0 Å². The molecule has 0 heterocycles. The van der Waals surface area contributed by atoms with Crippen LogP contribution in [0.15, 0.2) is 72.8 Å². The molecule has 3 aromatic carbocycles. The minimum atomic E-state index is 0.0457. The highest BCUT2D eigenvalue weighted by atomic mass is 16.1. The van der Waals surface area contributed by atoms with Crippen molar-refractivity contribution in [3.8, 4) is 11.8 Å². The molecule has 0 saturated carbocycles. The lowest BCUT2D eigenvalue weighted by molar-refractivity contribution is 0.103. The molecule has 0 spiro atoms. The van der Waals surface area contributed by atoms with Crippen LogP contribution in [0, 0.1) is 25.7 Å². The fourth-order valence-corrected chi connectivity index (χ4v) is 2.64. The minimum Gasteiger partial charge on any atom is -0.289 e. The normalized spacial score (nSPS) is 9.92. The van der Waals surface area contributed by atoms with E-state index >= 15 is 0 Å². The Hall–Kier alpha value is -3.11. The van der Waals surface area contributed by atoms with Crippen molar-refractivity contribution in [1.29, 1.82) is 0 Å². The van der Waals surface area contributed by atoms with Gasteiger partial charge in [0, 0.05) is 22.3 Å². The topological polar surface area (TPSA) is 17.1 Å². The summed E-state index contributed by atoms with van der Waals surface area (Å²) in [7, 11) is 0. The summed E-state index contributed by atoms with van der Waals surface area (Å²) < 4.78 is 0. The Balaban J connectivity index is 1.82. The van der Waals surface area contributed by atoms with Crippen LogP contribution in [0.5, 0.6) is 0 Å². The summed E-state index contributed by atoms with van der Waals surface area (Å²) in [5, 5.41) is 0. The van der Waals surface area contributed by atoms with Crippen molar-refractivity contribution in [2.45, 2.75) is 13.8 Å². The second kappa shape index (κ2) is 6.98. The minimum absolute atomic E-state index is 0.0457. The Morgan fingerprint density at radius 2 is 1.21 bits per heavy atom. The molecule has 116 valence electrons. The second-order valence-electron chi connectivity index (χ2n) is 5.90. The fraction of sp³-hybridized carbons (Fsp3) is 0.0870. The van der Waals surface area contributed by atoms with E-state index in [-0.39, 0.29) is 5.78 Å². The molecule has 0 aromatic heterocycles. The number of ketones is 1. The molecule has 3 aromatic rings. The molecule has 0 N–H and O–H groups in total. The van der Waals surface area contributed by atoms with Gasteiger partial charge in [0.1, 0.15) is 0 Å². The Kier molecular flexibility index (Phi) is 4.59. The molecule has 1 nitrogen and oxygen atoms in total. The van der Waals surface area contributed by atoms with Gasteiger partial charge in [0.15, 0.2) is 5.78 Å². The highest BCUT2D eigenvalue weighted by Gasteiger charge is 2.09. The predicted octanol–water partition coefficient (Wildman–Crippen LogP) is 4.93. The fourth-order valence-electron chi connectivity index (χ4n) is 2.64. The molecule has 0 radical (unpaired) electrons. The lowest BCUT2D eigenvalue weighted by atomic mass is 9.99. The third-order valence-electron chi connectivity index (χ3n) is 3.76. The van der Waals surface area contributed by atoms with Gasteiger partial charge in [-0.3, -0.25) is 4.79 Å². The molecule has 0 fully saturated rings. The first-order valence-corrected chi connectivity index (χ1v) is 7.92. The van der Waals surface area contributed by atoms with Crippen molar-refractivity contribution in [1.82, 2.24) is 0 Å². The molecule has 24 heavy (non-hydrogen) atoms. The van der Waals surface area contributed by atoms with Crippen molar-refractivity contribution in [2.24, 2.45) is 0 Å². The van der Waals surface area contributed by atoms with E-state index in [0.29, 0.717) is 5.56 Å². The predicted molar refractivity (Wildman–Crippen MR) is 98.2 cm³/mol. The highest BCUT2D eigenvalue weighted by molar-refractivity contribution is 6.09. The van der Waals surface area contributed by atoms with Crippen molar-refractivity contribution < 1.29 is 4.79 Å². The molecule has 0 aliphatic heterocycles. The van der Waals surface area contributed by atoms with Crippen LogP contribution >= 0.6 is 0 Å². The largest absolute Gasteiger partial charge is 0.289 e. The van der Waals surface area contributed by atoms with Crippen molar-refractivity contribution >= 4 is 5.78 Å². The van der Waals surface area contributed by atoms with Crippen molar-refractivity contribution in [3.63, 3.8) is 0 Å². The standard InChI is InChI=1S/C23H18O/c1-17-14-18(2)16-22(15-17)23(24)21-12-10-20(11-13-21)9-8-19-6-4-3-5-7-19/h3-7,10-16H,1-2H3. The summed E-state index contributed by atoms with van der Waals surface area (Å²) in [5.74, 6) is 6.29. The van der Waals surface area contributed by atoms with Gasteiger partial charge in [-0.05, 0) is 62.4 Å². The first-order chi connectivity index (χ1) is 11.6. The maximum atomic E-state index is 12.6. The summed E-state index contributed by atoms with van der Waals surface area (Å²) in [6.45, 7) is 4.01. The molecule has 1 heteroatoms. The van der Waals surface area contributed by atoms with Gasteiger partial charge in [-0.25, -0.2) is 0 Å². The zero-order chi connectivity index (χ0) is 16.9. The van der Waals surface area contributed by atoms with Crippen LogP contribution in [0.3, 0.4) is 0 Å². The van der Waals surface area contributed by atoms with Crippen LogP contribution in [0.25, 0.3) is 0 Å². The molecule has 0 aliphatic rings. The summed E-state index contributed by atoms with van der Waals surface area (Å²) in [5.41, 5.74) is 5.50. The molecule has 3 rings (SSSR count). The number of hydrogen-bond donors (Lipinski definition) is 0. The zero-order valence-corrected chi connectivity index (χ0v) is 13.8. The van der Waals surface area contributed by atoms with E-state index in [1.54, 1.807) is 0 Å². The molecular formula is C23H18O. The molecule has 0 unspecified atom stereocenters. The monoisotopic (exact) mass is 310 g/mol. The summed E-state index contributed by atoms with van der Waals surface area (Å²) in [6.07, 6.45) is 0. The Morgan fingerprint density at radius 3 is 1.79 bits per heavy atom. The van der Waals surface area contributed by atoms with E-state index in [2.05, 4.69) is 17.9 Å². The Bertz CT molecular complexity index is 903. The molecule has 0 saturated heterocycles. The molecule has 0 amide bonds. The number of hydrogen-bond acceptors (Lipinski definition) is 1. The summed E-state index contributed by atoms with van der Waals surface area (Å²) in [6, 6.07) is 23.3. The van der Waals surface area contributed by atoms with Crippen LogP contribution < -0.4 is 0 Å². The van der Waals surface area contributed by atoms with E-state index in [1.807, 2.05) is 80.6 Å². The SMILES string of the molecule is Cc1cc(C)cc(C(=O)c2ccc(C#Cc3ccccc3)cc2)c1. The average molecular weight is 310 g/mol. The van der Waals surface area contributed by atoms with Crippen molar-refractivity contribution in [2.75, 3.05) is 0 Å². The number of carbonyl (C=O) groups excluding carboxylic acids is 1. The number of rotatable bonds is 2. The first-order valence-electron chi connectivity index (χ1n) is 7.92. The third-order valence-corrected chi connectivity index (χ3v) is 3.76. The van der Waals surface area contributed by atoms with Crippen LogP contribution in [-0.4, -0.2) is 5.78 Å². The van der Waals surface area contributed by atoms with E-state index in [1.165, 1.54) is 0 Å². The van der Waals surface area contributed by atoms with Gasteiger partial charge in [0.05, 0.1) is 0 Å². The van der Waals surface area contributed by atoms with E-state index in [9.17, 15) is 4.79 Å². The van der Waals surface area contributed by atoms with E-state index in [4.69, 9.17) is 0 Å². The lowest BCUT2D eigenvalue weighted by Crippen LogP contribution is -2.02. The van der Waals surface area contributed by atoms with Gasteiger partial charge in [0.25, 0.3) is 0 Å². The average Bonchev–Trinajstić information content (AvgIpc) is 2.60. The number of aryl methyl sites for hydroxylation is 2. The highest BCUT2D eigenvalue weighted by Crippen LogP contribution is 2.15. The maximum absolute atomic E-state index is 12.6. The van der Waals surface area contributed by atoms with E-state index in [0.717, 1.165) is 27.8 Å². The first kappa shape index (κ1) is 15.8. The molecule has 0 bridgehead atoms. The van der Waals surface area contributed by atoms with Gasteiger partial charge >= 0.3 is 0 Å². The Morgan fingerprint density at radius 1 is 0.667 bits per heavy atom. The van der Waals surface area contributed by atoms with Crippen LogP contribution in [0.4, 0.5) is 0 Å². The van der Waals surface area contributed by atoms with Crippen molar-refractivity contribution in [3.05, 3.63) is 106 Å². The summed E-state index contributed by atoms with van der Waals surface area (Å²) >= 11 is 0. The molecule has 0 aliphatic carbocycles. The summed E-state index contributed by atoms with van der Waals surface area (Å²) in [4.78, 5) is 12.6. The Labute approximate surface area is 143 Å². The quantitative estimate of drug-likeness (QED) is 0.484. The second-order valence-corrected chi connectivity index (χ2v) is 5.90. The third kappa shape index (κ3) is 3.80. The van der Waals surface area contributed by atoms with Gasteiger partial charge in [-0.15, -0.1) is 0 Å². The van der Waals surface area contributed by atoms with Crippen LogP contribution in [-0.2, 0) is 0 Å². The zero-order valence-electron chi connectivity index (χ0n) is 13.8. The van der Waals surface area contributed by atoms with Gasteiger partial charge < -0.3 is 0 Å². The number of carbonyl (C=O) groups is 1. The lowest BCUT2D eigenvalue weighted by Gasteiger charge is -2.04. The molecular weight excluding hydrogens is 292 g/mol. The van der Waals surface area contributed by atoms with E-state index < -0.39 is 0 Å². The maximum Gasteiger partial charge on any atom is 0.193 e. The van der Waals surface area contributed by atoms with Crippen LogP contribution in [0.2, 0.25) is 0 Å². The van der Waals surface area contributed by atoms with Crippen LogP contribution in [0.1, 0.15) is 38.2 Å².